The van der Waals surface area contributed by atoms with Crippen LogP contribution in [-0.2, 0) is 11.3 Å². The third kappa shape index (κ3) is 2.54. The highest BCUT2D eigenvalue weighted by atomic mass is 16.1. The van der Waals surface area contributed by atoms with Crippen molar-refractivity contribution < 1.29 is 9.59 Å². The van der Waals surface area contributed by atoms with E-state index in [2.05, 4.69) is 4.99 Å². The van der Waals surface area contributed by atoms with Gasteiger partial charge < -0.3 is 5.73 Å². The summed E-state index contributed by atoms with van der Waals surface area (Å²) in [7, 11) is 0. The van der Waals surface area contributed by atoms with Gasteiger partial charge >= 0.3 is 0 Å². The number of hydrogen-bond acceptors (Lipinski definition) is 3. The fourth-order valence-electron chi connectivity index (χ4n) is 0.947. The first-order valence-electron chi connectivity index (χ1n) is 3.66. The molecule has 0 fully saturated rings. The van der Waals surface area contributed by atoms with Gasteiger partial charge in [-0.2, -0.15) is 0 Å². The maximum Gasteiger partial charge on any atom is 0.248 e. The lowest BCUT2D eigenvalue weighted by atomic mass is 10.1. The normalized spacial score (nSPS) is 8.92. The molecule has 0 heterocycles. The van der Waals surface area contributed by atoms with Gasteiger partial charge in [-0.05, 0) is 17.7 Å². The molecule has 4 nitrogen and oxygen atoms in total. The van der Waals surface area contributed by atoms with E-state index >= 15 is 0 Å². The Bertz CT molecular complexity index is 368. The Hall–Kier alpha value is -1.93. The lowest BCUT2D eigenvalue weighted by Gasteiger charge is -1.97. The standard InChI is InChI=1S/C9H8N2O2/c10-9(13)8-3-1-2-7(4-8)5-11-6-12/h1-4H,5H2,(H2,10,13). The highest BCUT2D eigenvalue weighted by molar-refractivity contribution is 5.92. The Morgan fingerprint density at radius 1 is 1.54 bits per heavy atom. The van der Waals surface area contributed by atoms with E-state index in [-0.39, 0.29) is 6.54 Å². The molecule has 2 N–H and O–H groups in total. The number of carbonyl (C=O) groups is 1. The lowest BCUT2D eigenvalue weighted by Crippen LogP contribution is -2.10. The quantitative estimate of drug-likeness (QED) is 0.541. The molecule has 0 saturated heterocycles. The van der Waals surface area contributed by atoms with Gasteiger partial charge in [0.15, 0.2) is 0 Å². The predicted molar refractivity (Wildman–Crippen MR) is 46.8 cm³/mol. The topological polar surface area (TPSA) is 72.5 Å². The van der Waals surface area contributed by atoms with Crippen LogP contribution in [0.4, 0.5) is 0 Å². The Balaban J connectivity index is 2.91. The van der Waals surface area contributed by atoms with Crippen LogP contribution >= 0.6 is 0 Å². The zero-order chi connectivity index (χ0) is 9.68. The molecule has 0 aliphatic heterocycles. The van der Waals surface area contributed by atoms with Crippen LogP contribution in [0.15, 0.2) is 29.3 Å². The van der Waals surface area contributed by atoms with Gasteiger partial charge in [-0.1, -0.05) is 12.1 Å². The second kappa shape index (κ2) is 4.18. The number of amides is 1. The number of primary amides is 1. The van der Waals surface area contributed by atoms with E-state index in [0.29, 0.717) is 5.56 Å². The molecule has 0 aliphatic carbocycles. The number of hydrogen-bond donors (Lipinski definition) is 1. The summed E-state index contributed by atoms with van der Waals surface area (Å²) in [5, 5.41) is 0. The summed E-state index contributed by atoms with van der Waals surface area (Å²) < 4.78 is 0. The first-order chi connectivity index (χ1) is 6.24. The molecule has 66 valence electrons. The molecule has 0 bridgehead atoms. The summed E-state index contributed by atoms with van der Waals surface area (Å²) in [6, 6.07) is 6.66. The zero-order valence-corrected chi connectivity index (χ0v) is 6.86. The molecule has 0 aliphatic rings. The van der Waals surface area contributed by atoms with Gasteiger partial charge in [-0.3, -0.25) is 4.79 Å². The molecule has 0 saturated carbocycles. The highest BCUT2D eigenvalue weighted by Crippen LogP contribution is 2.05. The third-order valence-electron chi connectivity index (χ3n) is 1.54. The fraction of sp³-hybridized carbons (Fsp3) is 0.111. The van der Waals surface area contributed by atoms with Crippen molar-refractivity contribution in [3.63, 3.8) is 0 Å². The van der Waals surface area contributed by atoms with Gasteiger partial charge in [0.2, 0.25) is 12.0 Å². The van der Waals surface area contributed by atoms with Gasteiger partial charge in [-0.15, -0.1) is 0 Å². The van der Waals surface area contributed by atoms with Crippen molar-refractivity contribution in [2.45, 2.75) is 6.54 Å². The molecule has 0 spiro atoms. The number of carbonyl (C=O) groups excluding carboxylic acids is 2. The third-order valence-corrected chi connectivity index (χ3v) is 1.54. The molecule has 1 rings (SSSR count). The van der Waals surface area contributed by atoms with E-state index in [1.54, 1.807) is 24.3 Å². The average Bonchev–Trinajstić information content (AvgIpc) is 2.15. The van der Waals surface area contributed by atoms with E-state index in [4.69, 9.17) is 5.73 Å². The van der Waals surface area contributed by atoms with Gasteiger partial charge in [0.25, 0.3) is 0 Å². The lowest BCUT2D eigenvalue weighted by molar-refractivity contribution is 0.1000. The van der Waals surface area contributed by atoms with E-state index in [1.165, 1.54) is 6.08 Å². The van der Waals surface area contributed by atoms with Crippen LogP contribution in [0.5, 0.6) is 0 Å². The second-order valence-electron chi connectivity index (χ2n) is 2.47. The Morgan fingerprint density at radius 2 is 2.31 bits per heavy atom. The van der Waals surface area contributed by atoms with Gasteiger partial charge in [0.1, 0.15) is 0 Å². The van der Waals surface area contributed by atoms with Gasteiger partial charge in [0.05, 0.1) is 6.54 Å². The van der Waals surface area contributed by atoms with Crippen molar-refractivity contribution in [1.82, 2.24) is 0 Å². The summed E-state index contributed by atoms with van der Waals surface area (Å²) in [5.41, 5.74) is 6.24. The van der Waals surface area contributed by atoms with Crippen molar-refractivity contribution in [3.8, 4) is 0 Å². The molecule has 0 unspecified atom stereocenters. The maximum atomic E-state index is 10.7. The van der Waals surface area contributed by atoms with Crippen LogP contribution in [0.2, 0.25) is 0 Å². The fourth-order valence-corrected chi connectivity index (χ4v) is 0.947. The summed E-state index contributed by atoms with van der Waals surface area (Å²) >= 11 is 0. The molecule has 1 aromatic rings. The molecular formula is C9H8N2O2. The number of rotatable bonds is 3. The summed E-state index contributed by atoms with van der Waals surface area (Å²) in [6.45, 7) is 0.227. The van der Waals surface area contributed by atoms with Crippen molar-refractivity contribution in [3.05, 3.63) is 35.4 Å². The Morgan fingerprint density at radius 3 is 2.92 bits per heavy atom. The first kappa shape index (κ1) is 9.16. The van der Waals surface area contributed by atoms with Crippen LogP contribution in [0.1, 0.15) is 15.9 Å². The molecule has 13 heavy (non-hydrogen) atoms. The smallest absolute Gasteiger partial charge is 0.248 e. The van der Waals surface area contributed by atoms with Crippen molar-refractivity contribution >= 4 is 12.0 Å². The van der Waals surface area contributed by atoms with Crippen LogP contribution in [0.25, 0.3) is 0 Å². The molecule has 0 aromatic heterocycles. The maximum absolute atomic E-state index is 10.7. The summed E-state index contributed by atoms with van der Waals surface area (Å²) in [6.07, 6.45) is 1.42. The minimum absolute atomic E-state index is 0.227. The monoisotopic (exact) mass is 176 g/mol. The second-order valence-corrected chi connectivity index (χ2v) is 2.47. The SMILES string of the molecule is NC(=O)c1cccc(CN=C=O)c1. The molecule has 4 heteroatoms. The Kier molecular flexibility index (Phi) is 2.95. The minimum atomic E-state index is -0.489. The van der Waals surface area contributed by atoms with E-state index in [1.807, 2.05) is 0 Å². The van der Waals surface area contributed by atoms with Crippen LogP contribution < -0.4 is 5.73 Å². The zero-order valence-electron chi connectivity index (χ0n) is 6.86. The van der Waals surface area contributed by atoms with Crippen LogP contribution in [0, 0.1) is 0 Å². The van der Waals surface area contributed by atoms with Crippen LogP contribution in [0.3, 0.4) is 0 Å². The summed E-state index contributed by atoms with van der Waals surface area (Å²) in [4.78, 5) is 23.9. The van der Waals surface area contributed by atoms with Crippen molar-refractivity contribution in [2.75, 3.05) is 0 Å². The first-order valence-corrected chi connectivity index (χ1v) is 3.66. The Labute approximate surface area is 75.1 Å². The average molecular weight is 176 g/mol. The molecule has 1 aromatic carbocycles. The molecular weight excluding hydrogens is 168 g/mol. The molecule has 0 atom stereocenters. The van der Waals surface area contributed by atoms with E-state index in [0.717, 1.165) is 5.56 Å². The van der Waals surface area contributed by atoms with Crippen molar-refractivity contribution in [2.24, 2.45) is 10.7 Å². The minimum Gasteiger partial charge on any atom is -0.366 e. The van der Waals surface area contributed by atoms with Gasteiger partial charge in [0, 0.05) is 5.56 Å². The highest BCUT2D eigenvalue weighted by Gasteiger charge is 1.99. The number of aliphatic imine (C=N–C) groups is 1. The number of nitrogens with two attached hydrogens (primary N) is 1. The number of isocyanates is 1. The van der Waals surface area contributed by atoms with Gasteiger partial charge in [-0.25, -0.2) is 9.79 Å². The van der Waals surface area contributed by atoms with Crippen LogP contribution in [-0.4, -0.2) is 12.0 Å². The summed E-state index contributed by atoms with van der Waals surface area (Å²) in [5.74, 6) is -0.489. The largest absolute Gasteiger partial charge is 0.366 e. The number of nitrogens with zero attached hydrogens (tertiary/aromatic N) is 1. The molecule has 0 radical (unpaired) electrons. The van der Waals surface area contributed by atoms with E-state index in [9.17, 15) is 9.59 Å². The number of benzene rings is 1. The van der Waals surface area contributed by atoms with Crippen molar-refractivity contribution in [1.29, 1.82) is 0 Å². The molecule has 1 amide bonds. The van der Waals surface area contributed by atoms with E-state index < -0.39 is 5.91 Å². The predicted octanol–water partition coefficient (Wildman–Crippen LogP) is 0.621.